The molecule has 35 heavy (non-hydrogen) atoms. The molecule has 2 fully saturated rings. The second-order valence-corrected chi connectivity index (χ2v) is 8.85. The van der Waals surface area contributed by atoms with Crippen LogP contribution in [-0.4, -0.2) is 12.3 Å². The summed E-state index contributed by atoms with van der Waals surface area (Å²) in [6.07, 6.45) is -6.45. The van der Waals surface area contributed by atoms with Crippen LogP contribution < -0.4 is 4.74 Å². The molecule has 2 aliphatic rings. The Morgan fingerprint density at radius 2 is 1.66 bits per heavy atom. The first kappa shape index (κ1) is 24.6. The molecule has 0 aromatic heterocycles. The van der Waals surface area contributed by atoms with Crippen molar-refractivity contribution in [1.82, 2.24) is 0 Å². The van der Waals surface area contributed by atoms with Crippen molar-refractivity contribution in [2.75, 3.05) is 0 Å². The van der Waals surface area contributed by atoms with Gasteiger partial charge >= 0.3 is 6.36 Å². The number of nitrogens with zero attached hydrogens (tertiary/aromatic N) is 3. The van der Waals surface area contributed by atoms with Gasteiger partial charge in [-0.3, -0.25) is 5.41 Å². The average molecular weight is 521 g/mol. The maximum atomic E-state index is 12.6. The number of halogens is 5. The summed E-state index contributed by atoms with van der Waals surface area (Å²) in [5, 5.41) is 39.6. The van der Waals surface area contributed by atoms with E-state index in [1.54, 1.807) is 0 Å². The Balaban J connectivity index is 1.95. The lowest BCUT2D eigenvalue weighted by molar-refractivity contribution is -0.288. The van der Waals surface area contributed by atoms with E-state index in [1.807, 2.05) is 18.2 Å². The topological polar surface area (TPSA) is 123 Å². The average Bonchev–Trinajstić information content (AvgIpc) is 2.95. The van der Waals surface area contributed by atoms with E-state index in [-0.39, 0.29) is 16.1 Å². The minimum Gasteiger partial charge on any atom is -0.443 e. The number of hydrogen-bond donors (Lipinski definition) is 1. The number of hydrogen-bond acceptors (Lipinski definition) is 7. The van der Waals surface area contributed by atoms with Crippen LogP contribution in [0.1, 0.15) is 24.2 Å². The summed E-state index contributed by atoms with van der Waals surface area (Å²) >= 11 is 12.4. The SMILES string of the molecule is CC1C2(c3ccc(Cl)cc3Cl)OC(=N)C1(C#N)C(C#N)(C#N)C(c1ccc(OC(F)(F)F)cc1)O2. The Morgan fingerprint density at radius 1 is 1.03 bits per heavy atom. The third kappa shape index (κ3) is 3.31. The van der Waals surface area contributed by atoms with Gasteiger partial charge in [-0.2, -0.15) is 15.8 Å². The smallest absolute Gasteiger partial charge is 0.443 e. The minimum absolute atomic E-state index is 0.0833. The fourth-order valence-electron chi connectivity index (χ4n) is 4.76. The fraction of sp³-hybridized carbons (Fsp3) is 0.304. The van der Waals surface area contributed by atoms with Gasteiger partial charge in [0.2, 0.25) is 17.1 Å². The number of nitrogens with one attached hydrogen (secondary N) is 1. The van der Waals surface area contributed by atoms with Gasteiger partial charge in [-0.1, -0.05) is 42.3 Å². The van der Waals surface area contributed by atoms with Gasteiger partial charge in [0.15, 0.2) is 5.41 Å². The Hall–Kier alpha value is -3.49. The molecule has 0 spiro atoms. The summed E-state index contributed by atoms with van der Waals surface area (Å²) in [7, 11) is 0. The zero-order chi connectivity index (χ0) is 25.8. The number of ether oxygens (including phenoxy) is 3. The van der Waals surface area contributed by atoms with E-state index in [2.05, 4.69) is 4.74 Å². The lowest BCUT2D eigenvalue weighted by Crippen LogP contribution is -2.57. The molecule has 1 N–H and O–H groups in total. The van der Waals surface area contributed by atoms with Crippen LogP contribution in [0.2, 0.25) is 10.0 Å². The molecule has 2 bridgehead atoms. The fourth-order valence-corrected chi connectivity index (χ4v) is 5.30. The Kier molecular flexibility index (Phi) is 5.65. The normalized spacial score (nSPS) is 28.8. The molecule has 0 aliphatic carbocycles. The Bertz CT molecular complexity index is 1330. The zero-order valence-corrected chi connectivity index (χ0v) is 19.2. The van der Waals surface area contributed by atoms with Crippen molar-refractivity contribution in [3.63, 3.8) is 0 Å². The van der Waals surface area contributed by atoms with Crippen molar-refractivity contribution in [2.45, 2.75) is 25.2 Å². The predicted octanol–water partition coefficient (Wildman–Crippen LogP) is 6.00. The van der Waals surface area contributed by atoms with E-state index in [0.29, 0.717) is 5.02 Å². The van der Waals surface area contributed by atoms with Gasteiger partial charge in [0.25, 0.3) is 0 Å². The number of benzene rings is 2. The summed E-state index contributed by atoms with van der Waals surface area (Å²) in [5.41, 5.74) is -4.13. The van der Waals surface area contributed by atoms with Crippen molar-refractivity contribution in [2.24, 2.45) is 16.7 Å². The molecule has 4 rings (SSSR count). The highest BCUT2D eigenvalue weighted by molar-refractivity contribution is 6.35. The first-order valence-corrected chi connectivity index (χ1v) is 10.7. The van der Waals surface area contributed by atoms with Crippen LogP contribution in [0.15, 0.2) is 42.5 Å². The molecule has 7 nitrogen and oxygen atoms in total. The maximum Gasteiger partial charge on any atom is 0.573 e. The van der Waals surface area contributed by atoms with Gasteiger partial charge in [0, 0.05) is 10.6 Å². The lowest BCUT2D eigenvalue weighted by atomic mass is 9.53. The van der Waals surface area contributed by atoms with Crippen LogP contribution in [-0.2, 0) is 15.3 Å². The molecular weight excluding hydrogens is 508 g/mol. The van der Waals surface area contributed by atoms with Crippen molar-refractivity contribution in [3.05, 3.63) is 63.6 Å². The molecule has 2 aromatic rings. The molecule has 12 heteroatoms. The van der Waals surface area contributed by atoms with Crippen LogP contribution >= 0.6 is 23.2 Å². The monoisotopic (exact) mass is 520 g/mol. The molecule has 0 amide bonds. The Morgan fingerprint density at radius 3 is 2.17 bits per heavy atom. The third-order valence-corrected chi connectivity index (χ3v) is 6.94. The summed E-state index contributed by atoms with van der Waals surface area (Å²) in [6, 6.07) is 14.3. The Labute approximate surface area is 207 Å². The molecule has 4 unspecified atom stereocenters. The lowest BCUT2D eigenvalue weighted by Gasteiger charge is -2.49. The van der Waals surface area contributed by atoms with E-state index in [1.165, 1.54) is 37.3 Å². The quantitative estimate of drug-likeness (QED) is 0.528. The third-order valence-electron chi connectivity index (χ3n) is 6.39. The van der Waals surface area contributed by atoms with E-state index in [0.717, 1.165) is 12.1 Å². The van der Waals surface area contributed by atoms with E-state index in [9.17, 15) is 29.0 Å². The molecule has 0 radical (unpaired) electrons. The summed E-state index contributed by atoms with van der Waals surface area (Å²) in [5.74, 6) is -4.16. The highest BCUT2D eigenvalue weighted by Gasteiger charge is 2.80. The van der Waals surface area contributed by atoms with Gasteiger partial charge < -0.3 is 14.2 Å². The molecule has 4 atom stereocenters. The van der Waals surface area contributed by atoms with Crippen molar-refractivity contribution < 1.29 is 27.4 Å². The van der Waals surface area contributed by atoms with Crippen LogP contribution in [0.3, 0.4) is 0 Å². The first-order valence-electron chi connectivity index (χ1n) is 9.91. The van der Waals surface area contributed by atoms with E-state index >= 15 is 0 Å². The molecule has 2 aliphatic heterocycles. The molecule has 0 saturated carbocycles. The van der Waals surface area contributed by atoms with Gasteiger partial charge in [0.05, 0.1) is 29.1 Å². The van der Waals surface area contributed by atoms with Crippen molar-refractivity contribution >= 4 is 29.1 Å². The van der Waals surface area contributed by atoms with Crippen molar-refractivity contribution in [1.29, 1.82) is 21.2 Å². The molecule has 2 aromatic carbocycles. The summed E-state index contributed by atoms with van der Waals surface area (Å²) in [6.45, 7) is 1.50. The summed E-state index contributed by atoms with van der Waals surface area (Å²) in [4.78, 5) is 0. The number of alkyl halides is 3. The van der Waals surface area contributed by atoms with Gasteiger partial charge in [0.1, 0.15) is 11.9 Å². The minimum atomic E-state index is -4.93. The molecular formula is C23H13Cl2F3N4O3. The largest absolute Gasteiger partial charge is 0.573 e. The van der Waals surface area contributed by atoms with Crippen LogP contribution in [0, 0.1) is 56.2 Å². The second kappa shape index (κ2) is 8.03. The van der Waals surface area contributed by atoms with Gasteiger partial charge in [-0.25, -0.2) is 0 Å². The summed E-state index contributed by atoms with van der Waals surface area (Å²) < 4.78 is 53.7. The van der Waals surface area contributed by atoms with Gasteiger partial charge in [-0.15, -0.1) is 13.2 Å². The van der Waals surface area contributed by atoms with Crippen LogP contribution in [0.5, 0.6) is 5.75 Å². The van der Waals surface area contributed by atoms with E-state index < -0.39 is 46.6 Å². The zero-order valence-electron chi connectivity index (χ0n) is 17.7. The first-order chi connectivity index (χ1) is 16.4. The number of fused-ring (bicyclic) bond motifs is 2. The van der Waals surface area contributed by atoms with Gasteiger partial charge in [-0.05, 0) is 35.9 Å². The molecule has 178 valence electrons. The van der Waals surface area contributed by atoms with Crippen molar-refractivity contribution in [3.8, 4) is 24.0 Å². The highest BCUT2D eigenvalue weighted by Crippen LogP contribution is 2.69. The predicted molar refractivity (Wildman–Crippen MR) is 115 cm³/mol. The molecule has 2 heterocycles. The van der Waals surface area contributed by atoms with Crippen LogP contribution in [0.25, 0.3) is 0 Å². The number of rotatable bonds is 3. The van der Waals surface area contributed by atoms with E-state index in [4.69, 9.17) is 38.1 Å². The molecule has 2 saturated heterocycles. The second-order valence-electron chi connectivity index (χ2n) is 8.01. The number of nitriles is 3. The van der Waals surface area contributed by atoms with Crippen LogP contribution in [0.4, 0.5) is 13.2 Å². The standard InChI is InChI=1S/C23H13Cl2F3N4O3/c1-12-21(11-31)19(32)35-22(12,16-7-4-14(24)8-17(16)25)34-18(20(21,9-29)10-30)13-2-5-15(6-3-13)33-23(26,27)28/h2-8,12,18,32H,1H3. The highest BCUT2D eigenvalue weighted by atomic mass is 35.5. The maximum absolute atomic E-state index is 12.6.